The average Bonchev–Trinajstić information content (AvgIpc) is 2.33. The van der Waals surface area contributed by atoms with Crippen LogP contribution in [0.4, 0.5) is 0 Å². The fourth-order valence-electron chi connectivity index (χ4n) is 1.78. The second-order valence-electron chi connectivity index (χ2n) is 4.28. The number of alkyl halides is 1. The molecule has 0 aromatic heterocycles. The molecule has 0 fully saturated rings. The fraction of sp³-hybridized carbons (Fsp3) is 0.214. The van der Waals surface area contributed by atoms with Gasteiger partial charge in [0.1, 0.15) is 0 Å². The number of benzene rings is 1. The third-order valence-electron chi connectivity index (χ3n) is 2.78. The van der Waals surface area contributed by atoms with Crippen LogP contribution in [0.5, 0.6) is 0 Å². The highest BCUT2D eigenvalue weighted by Gasteiger charge is 2.31. The first-order valence-electron chi connectivity index (χ1n) is 5.36. The van der Waals surface area contributed by atoms with Gasteiger partial charge in [-0.25, -0.2) is 0 Å². The summed E-state index contributed by atoms with van der Waals surface area (Å²) in [5.41, 5.74) is 1.37. The van der Waals surface area contributed by atoms with Gasteiger partial charge in [-0.3, -0.25) is 4.79 Å². The van der Waals surface area contributed by atoms with Crippen molar-refractivity contribution in [3.05, 3.63) is 58.7 Å². The van der Waals surface area contributed by atoms with E-state index in [0.717, 1.165) is 0 Å². The smallest absolute Gasteiger partial charge is 0.189 e. The number of hydrogen-bond acceptors (Lipinski definition) is 1. The van der Waals surface area contributed by atoms with Crippen LogP contribution >= 0.6 is 23.2 Å². The largest absolute Gasteiger partial charge is 0.289 e. The minimum Gasteiger partial charge on any atom is -0.289 e. The molecule has 0 spiro atoms. The Bertz CT molecular complexity index is 498. The van der Waals surface area contributed by atoms with Gasteiger partial charge in [0.2, 0.25) is 0 Å². The lowest BCUT2D eigenvalue weighted by molar-refractivity contribution is 0.102. The number of allylic oxidation sites excluding steroid dienone is 4. The van der Waals surface area contributed by atoms with Crippen molar-refractivity contribution in [1.82, 2.24) is 0 Å². The number of halogens is 2. The van der Waals surface area contributed by atoms with E-state index in [4.69, 9.17) is 23.2 Å². The molecular formula is C14H12Cl2O. The van der Waals surface area contributed by atoms with Crippen molar-refractivity contribution in [3.63, 3.8) is 0 Å². The molecule has 0 amide bonds. The lowest BCUT2D eigenvalue weighted by atomic mass is 9.90. The summed E-state index contributed by atoms with van der Waals surface area (Å²) in [5, 5.41) is 0.573. The lowest BCUT2D eigenvalue weighted by Gasteiger charge is -2.25. The molecule has 0 saturated heterocycles. The molecule has 0 N–H and O–H groups in total. The van der Waals surface area contributed by atoms with Crippen LogP contribution < -0.4 is 0 Å². The Hall–Kier alpha value is -1.05. The van der Waals surface area contributed by atoms with E-state index < -0.39 is 4.87 Å². The molecule has 0 heterocycles. The van der Waals surface area contributed by atoms with E-state index in [1.54, 1.807) is 24.3 Å². The molecule has 0 bridgehead atoms. The quantitative estimate of drug-likeness (QED) is 0.576. The van der Waals surface area contributed by atoms with Crippen molar-refractivity contribution in [3.8, 4) is 0 Å². The zero-order valence-electron chi connectivity index (χ0n) is 9.41. The molecule has 1 aliphatic carbocycles. The summed E-state index contributed by atoms with van der Waals surface area (Å²) in [5.74, 6) is 0.0119. The van der Waals surface area contributed by atoms with Gasteiger partial charge in [-0.1, -0.05) is 48.0 Å². The van der Waals surface area contributed by atoms with Crippen molar-refractivity contribution < 1.29 is 4.79 Å². The third-order valence-corrected chi connectivity index (χ3v) is 3.76. The van der Waals surface area contributed by atoms with Gasteiger partial charge in [0.15, 0.2) is 5.78 Å². The molecule has 0 radical (unpaired) electrons. The number of Topliss-reactive ketones (excluding diaryl/α,β-unsaturated/α-hetero) is 1. The molecular weight excluding hydrogens is 255 g/mol. The SMILES string of the molecule is CC1(Cl)CC(C(=O)c2ccccc2)=CC=C1Cl. The van der Waals surface area contributed by atoms with E-state index in [-0.39, 0.29) is 5.78 Å². The van der Waals surface area contributed by atoms with Crippen molar-refractivity contribution in [2.75, 3.05) is 0 Å². The maximum absolute atomic E-state index is 12.2. The molecule has 1 aliphatic rings. The topological polar surface area (TPSA) is 17.1 Å². The summed E-state index contributed by atoms with van der Waals surface area (Å²) < 4.78 is 0. The van der Waals surface area contributed by atoms with Gasteiger partial charge in [-0.05, 0) is 13.0 Å². The van der Waals surface area contributed by atoms with E-state index in [0.29, 0.717) is 22.6 Å². The van der Waals surface area contributed by atoms with E-state index in [2.05, 4.69) is 0 Å². The molecule has 2 rings (SSSR count). The van der Waals surface area contributed by atoms with Crippen molar-refractivity contribution in [2.24, 2.45) is 0 Å². The van der Waals surface area contributed by atoms with E-state index >= 15 is 0 Å². The maximum Gasteiger partial charge on any atom is 0.189 e. The zero-order chi connectivity index (χ0) is 12.5. The Morgan fingerprint density at radius 1 is 1.24 bits per heavy atom. The molecule has 1 nitrogen and oxygen atoms in total. The molecule has 1 atom stereocenters. The standard InChI is InChI=1S/C14H12Cl2O/c1-14(16)9-11(7-8-12(14)15)13(17)10-5-3-2-4-6-10/h2-8H,9H2,1H3. The summed E-state index contributed by atoms with van der Waals surface area (Å²) in [6, 6.07) is 9.18. The van der Waals surface area contributed by atoms with Crippen molar-refractivity contribution in [2.45, 2.75) is 18.2 Å². The Morgan fingerprint density at radius 3 is 2.47 bits per heavy atom. The van der Waals surface area contributed by atoms with Crippen molar-refractivity contribution in [1.29, 1.82) is 0 Å². The predicted molar refractivity (Wildman–Crippen MR) is 71.7 cm³/mol. The molecule has 0 saturated carbocycles. The summed E-state index contributed by atoms with van der Waals surface area (Å²) in [7, 11) is 0. The van der Waals surface area contributed by atoms with E-state index in [9.17, 15) is 4.79 Å². The molecule has 88 valence electrons. The van der Waals surface area contributed by atoms with Crippen LogP contribution in [0.15, 0.2) is 53.1 Å². The van der Waals surface area contributed by atoms with Crippen LogP contribution in [0.2, 0.25) is 0 Å². The fourth-order valence-corrected chi connectivity index (χ4v) is 2.12. The number of carbonyl (C=O) groups is 1. The van der Waals surface area contributed by atoms with Crippen molar-refractivity contribution >= 4 is 29.0 Å². The maximum atomic E-state index is 12.2. The monoisotopic (exact) mass is 266 g/mol. The second-order valence-corrected chi connectivity index (χ2v) is 5.52. The number of ketones is 1. The van der Waals surface area contributed by atoms with Gasteiger partial charge in [-0.15, -0.1) is 11.6 Å². The first-order chi connectivity index (χ1) is 8.00. The Morgan fingerprint density at radius 2 is 1.88 bits per heavy atom. The van der Waals surface area contributed by atoms with Crippen LogP contribution in [0.1, 0.15) is 23.7 Å². The molecule has 1 unspecified atom stereocenters. The molecule has 1 aromatic carbocycles. The Balaban J connectivity index is 2.29. The summed E-state index contributed by atoms with van der Waals surface area (Å²) in [6.07, 6.45) is 3.91. The van der Waals surface area contributed by atoms with E-state index in [1.807, 2.05) is 25.1 Å². The predicted octanol–water partition coefficient (Wildman–Crippen LogP) is 4.32. The van der Waals surface area contributed by atoms with Gasteiger partial charge in [0.05, 0.1) is 4.87 Å². The summed E-state index contributed by atoms with van der Waals surface area (Å²) in [6.45, 7) is 1.82. The molecule has 17 heavy (non-hydrogen) atoms. The van der Waals surface area contributed by atoms with E-state index in [1.165, 1.54) is 0 Å². The average molecular weight is 267 g/mol. The first kappa shape index (κ1) is 12.4. The van der Waals surface area contributed by atoms with Gasteiger partial charge >= 0.3 is 0 Å². The minimum atomic E-state index is -0.671. The number of carbonyl (C=O) groups excluding carboxylic acids is 1. The lowest BCUT2D eigenvalue weighted by Crippen LogP contribution is -2.23. The highest BCUT2D eigenvalue weighted by atomic mass is 35.5. The zero-order valence-corrected chi connectivity index (χ0v) is 10.9. The second kappa shape index (κ2) is 4.67. The van der Waals surface area contributed by atoms with Gasteiger partial charge < -0.3 is 0 Å². The molecule has 0 aliphatic heterocycles. The normalized spacial score (nSPS) is 23.9. The Kier molecular flexibility index (Phi) is 3.41. The molecule has 1 aromatic rings. The van der Waals surface area contributed by atoms with Crippen LogP contribution in [0, 0.1) is 0 Å². The molecule has 3 heteroatoms. The van der Waals surface area contributed by atoms with Gasteiger partial charge in [-0.2, -0.15) is 0 Å². The Labute approximate surface area is 111 Å². The number of rotatable bonds is 2. The van der Waals surface area contributed by atoms with Gasteiger partial charge in [0, 0.05) is 22.6 Å². The minimum absolute atomic E-state index is 0.0119. The summed E-state index contributed by atoms with van der Waals surface area (Å²) >= 11 is 12.3. The van der Waals surface area contributed by atoms with Crippen LogP contribution in [-0.4, -0.2) is 10.7 Å². The van der Waals surface area contributed by atoms with Crippen LogP contribution in [-0.2, 0) is 0 Å². The highest BCUT2D eigenvalue weighted by molar-refractivity contribution is 6.40. The summed E-state index contributed by atoms with van der Waals surface area (Å²) in [4.78, 5) is 11.5. The highest BCUT2D eigenvalue weighted by Crippen LogP contribution is 2.38. The van der Waals surface area contributed by atoms with Gasteiger partial charge in [0.25, 0.3) is 0 Å². The van der Waals surface area contributed by atoms with Crippen LogP contribution in [0.25, 0.3) is 0 Å². The number of hydrogen-bond donors (Lipinski definition) is 0. The van der Waals surface area contributed by atoms with Crippen LogP contribution in [0.3, 0.4) is 0 Å². The first-order valence-corrected chi connectivity index (χ1v) is 6.12. The third kappa shape index (κ3) is 2.62.